The molecule has 0 heterocycles. The molecule has 0 unspecified atom stereocenters. The summed E-state index contributed by atoms with van der Waals surface area (Å²) in [5.74, 6) is 1.24. The highest BCUT2D eigenvalue weighted by Crippen LogP contribution is 2.28. The highest BCUT2D eigenvalue weighted by Gasteiger charge is 2.13. The average Bonchev–Trinajstić information content (AvgIpc) is 2.65. The Morgan fingerprint density at radius 2 is 1.86 bits per heavy atom. The molecule has 0 fully saturated rings. The third-order valence-corrected chi connectivity index (χ3v) is 5.86. The van der Waals surface area contributed by atoms with Gasteiger partial charge in [0, 0.05) is 33.8 Å². The normalized spacial score (nSPS) is 10.4. The van der Waals surface area contributed by atoms with Crippen LogP contribution in [0.2, 0.25) is 10.0 Å². The number of nitrogens with one attached hydrogen (secondary N) is 2. The van der Waals surface area contributed by atoms with E-state index < -0.39 is 0 Å². The molecule has 0 atom stereocenters. The maximum atomic E-state index is 12.0. The molecular formula is C20H22Cl2N2O2S2. The molecule has 0 radical (unpaired) electrons. The van der Waals surface area contributed by atoms with Crippen LogP contribution in [0.25, 0.3) is 0 Å². The molecule has 0 spiro atoms. The quantitative estimate of drug-likeness (QED) is 0.301. The second kappa shape index (κ2) is 11.5. The SMILES string of the molecule is CCOC(=O)c1cccc(NC(=S)NCCSCc2c(Cl)cccc2Cl)c1C. The first-order chi connectivity index (χ1) is 13.4. The number of ether oxygens (including phenoxy) is 1. The van der Waals surface area contributed by atoms with Gasteiger partial charge in [-0.3, -0.25) is 0 Å². The van der Waals surface area contributed by atoms with Gasteiger partial charge < -0.3 is 15.4 Å². The van der Waals surface area contributed by atoms with Crippen LogP contribution in [-0.4, -0.2) is 30.0 Å². The molecule has 0 bridgehead atoms. The Balaban J connectivity index is 1.80. The van der Waals surface area contributed by atoms with E-state index in [0.717, 1.165) is 28.3 Å². The molecule has 0 aliphatic rings. The lowest BCUT2D eigenvalue weighted by molar-refractivity contribution is 0.0525. The summed E-state index contributed by atoms with van der Waals surface area (Å²) in [7, 11) is 0. The summed E-state index contributed by atoms with van der Waals surface area (Å²) in [5, 5.41) is 8.17. The minimum Gasteiger partial charge on any atom is -0.462 e. The van der Waals surface area contributed by atoms with Gasteiger partial charge in [-0.2, -0.15) is 11.8 Å². The van der Waals surface area contributed by atoms with Crippen molar-refractivity contribution in [3.05, 3.63) is 63.1 Å². The lowest BCUT2D eigenvalue weighted by atomic mass is 10.1. The number of anilines is 1. The van der Waals surface area contributed by atoms with E-state index in [4.69, 9.17) is 40.2 Å². The van der Waals surface area contributed by atoms with E-state index in [0.29, 0.717) is 33.9 Å². The van der Waals surface area contributed by atoms with E-state index in [1.807, 2.05) is 31.2 Å². The Morgan fingerprint density at radius 3 is 2.54 bits per heavy atom. The van der Waals surface area contributed by atoms with Gasteiger partial charge >= 0.3 is 5.97 Å². The van der Waals surface area contributed by atoms with Gasteiger partial charge in [-0.25, -0.2) is 4.79 Å². The third kappa shape index (κ3) is 6.55. The number of rotatable bonds is 8. The van der Waals surface area contributed by atoms with Crippen LogP contribution in [-0.2, 0) is 10.5 Å². The fourth-order valence-corrected chi connectivity index (χ4v) is 4.26. The van der Waals surface area contributed by atoms with E-state index in [2.05, 4.69) is 10.6 Å². The molecule has 2 aromatic rings. The summed E-state index contributed by atoms with van der Waals surface area (Å²) >= 11 is 19.4. The molecule has 150 valence electrons. The van der Waals surface area contributed by atoms with Crippen molar-refractivity contribution in [3.63, 3.8) is 0 Å². The Bertz CT molecular complexity index is 827. The maximum absolute atomic E-state index is 12.0. The molecule has 8 heteroatoms. The van der Waals surface area contributed by atoms with E-state index >= 15 is 0 Å². The van der Waals surface area contributed by atoms with Crippen molar-refractivity contribution in [3.8, 4) is 0 Å². The third-order valence-electron chi connectivity index (χ3n) is 3.92. The number of thioether (sulfide) groups is 1. The first-order valence-corrected chi connectivity index (χ1v) is 11.1. The van der Waals surface area contributed by atoms with Crippen LogP contribution in [0.15, 0.2) is 36.4 Å². The van der Waals surface area contributed by atoms with Crippen LogP contribution in [0.5, 0.6) is 0 Å². The lowest BCUT2D eigenvalue weighted by Gasteiger charge is -2.14. The van der Waals surface area contributed by atoms with Crippen LogP contribution < -0.4 is 10.6 Å². The number of carbonyl (C=O) groups is 1. The Kier molecular flexibility index (Phi) is 9.38. The highest BCUT2D eigenvalue weighted by atomic mass is 35.5. The predicted octanol–water partition coefficient (Wildman–Crippen LogP) is 5.70. The number of esters is 1. The van der Waals surface area contributed by atoms with Gasteiger partial charge in [-0.15, -0.1) is 0 Å². The summed E-state index contributed by atoms with van der Waals surface area (Å²) in [6.45, 7) is 4.68. The summed E-state index contributed by atoms with van der Waals surface area (Å²) in [4.78, 5) is 12.0. The fourth-order valence-electron chi connectivity index (χ4n) is 2.45. The van der Waals surface area contributed by atoms with Crippen molar-refractivity contribution in [2.24, 2.45) is 0 Å². The molecular weight excluding hydrogens is 435 g/mol. The molecule has 0 aliphatic carbocycles. The molecule has 0 saturated heterocycles. The average molecular weight is 457 g/mol. The van der Waals surface area contributed by atoms with Crippen LogP contribution in [0.4, 0.5) is 5.69 Å². The monoisotopic (exact) mass is 456 g/mol. The number of hydrogen-bond acceptors (Lipinski definition) is 4. The zero-order valence-corrected chi connectivity index (χ0v) is 18.8. The van der Waals surface area contributed by atoms with Gasteiger partial charge in [0.15, 0.2) is 5.11 Å². The van der Waals surface area contributed by atoms with E-state index in [9.17, 15) is 4.79 Å². The van der Waals surface area contributed by atoms with Crippen molar-refractivity contribution >= 4 is 64.0 Å². The molecule has 2 aromatic carbocycles. The van der Waals surface area contributed by atoms with Gasteiger partial charge in [0.1, 0.15) is 0 Å². The second-order valence-electron chi connectivity index (χ2n) is 5.83. The van der Waals surface area contributed by atoms with Gasteiger partial charge in [0.05, 0.1) is 12.2 Å². The molecule has 0 amide bonds. The Hall–Kier alpha value is -1.47. The van der Waals surface area contributed by atoms with Crippen LogP contribution in [0.1, 0.15) is 28.4 Å². The highest BCUT2D eigenvalue weighted by molar-refractivity contribution is 7.98. The van der Waals surface area contributed by atoms with Crippen LogP contribution >= 0.6 is 47.2 Å². The molecule has 2 rings (SSSR count). The fraction of sp³-hybridized carbons (Fsp3) is 0.300. The standard InChI is InChI=1S/C20H22Cl2N2O2S2/c1-3-26-19(25)14-6-4-9-18(13(14)2)24-20(27)23-10-11-28-12-15-16(21)7-5-8-17(15)22/h4-9H,3,10-12H2,1-2H3,(H2,23,24,27). The predicted molar refractivity (Wildman–Crippen MR) is 124 cm³/mol. The summed E-state index contributed by atoms with van der Waals surface area (Å²) in [6.07, 6.45) is 0. The largest absolute Gasteiger partial charge is 0.462 e. The smallest absolute Gasteiger partial charge is 0.338 e. The molecule has 28 heavy (non-hydrogen) atoms. The van der Waals surface area contributed by atoms with Crippen LogP contribution in [0, 0.1) is 6.92 Å². The summed E-state index contributed by atoms with van der Waals surface area (Å²) in [5.41, 5.74) is 3.05. The minimum absolute atomic E-state index is 0.336. The molecule has 0 aliphatic heterocycles. The number of halogens is 2. The first kappa shape index (κ1) is 22.8. The maximum Gasteiger partial charge on any atom is 0.338 e. The molecule has 0 saturated carbocycles. The van der Waals surface area contributed by atoms with Crippen molar-refractivity contribution in [2.75, 3.05) is 24.2 Å². The molecule has 4 nitrogen and oxygen atoms in total. The van der Waals surface area contributed by atoms with Crippen molar-refractivity contribution in [1.82, 2.24) is 5.32 Å². The van der Waals surface area contributed by atoms with Crippen molar-refractivity contribution in [2.45, 2.75) is 19.6 Å². The molecule has 0 aromatic heterocycles. The van der Waals surface area contributed by atoms with Crippen molar-refractivity contribution < 1.29 is 9.53 Å². The van der Waals surface area contributed by atoms with Gasteiger partial charge in [-0.1, -0.05) is 35.3 Å². The van der Waals surface area contributed by atoms with Crippen molar-refractivity contribution in [1.29, 1.82) is 0 Å². The first-order valence-electron chi connectivity index (χ1n) is 8.76. The number of thiocarbonyl (C=S) groups is 1. The second-order valence-corrected chi connectivity index (χ2v) is 8.16. The van der Waals surface area contributed by atoms with E-state index in [1.165, 1.54) is 0 Å². The minimum atomic E-state index is -0.336. The van der Waals surface area contributed by atoms with Gasteiger partial charge in [0.2, 0.25) is 0 Å². The Morgan fingerprint density at radius 1 is 1.18 bits per heavy atom. The van der Waals surface area contributed by atoms with Gasteiger partial charge in [-0.05, 0) is 61.5 Å². The Labute approximate surface area is 185 Å². The lowest BCUT2D eigenvalue weighted by Crippen LogP contribution is -2.30. The topological polar surface area (TPSA) is 50.4 Å². The van der Waals surface area contributed by atoms with Crippen LogP contribution in [0.3, 0.4) is 0 Å². The zero-order valence-electron chi connectivity index (χ0n) is 15.7. The molecule has 2 N–H and O–H groups in total. The number of hydrogen-bond donors (Lipinski definition) is 2. The zero-order chi connectivity index (χ0) is 20.5. The van der Waals surface area contributed by atoms with E-state index in [1.54, 1.807) is 30.8 Å². The summed E-state index contributed by atoms with van der Waals surface area (Å²) < 4.78 is 5.08. The van der Waals surface area contributed by atoms with Gasteiger partial charge in [0.25, 0.3) is 0 Å². The summed E-state index contributed by atoms with van der Waals surface area (Å²) in [6, 6.07) is 10.9. The number of carbonyl (C=O) groups excluding carboxylic acids is 1. The number of benzene rings is 2. The van der Waals surface area contributed by atoms with E-state index in [-0.39, 0.29) is 5.97 Å².